The van der Waals surface area contributed by atoms with Crippen molar-refractivity contribution in [2.45, 2.75) is 6.92 Å². The van der Waals surface area contributed by atoms with Crippen LogP contribution in [0.25, 0.3) is 11.3 Å². The average molecular weight is 301 g/mol. The number of hydrogen-bond donors (Lipinski definition) is 2. The van der Waals surface area contributed by atoms with Gasteiger partial charge in [0, 0.05) is 11.6 Å². The Labute approximate surface area is 124 Å². The van der Waals surface area contributed by atoms with Gasteiger partial charge in [-0.2, -0.15) is 0 Å². The minimum atomic E-state index is -1.00. The van der Waals surface area contributed by atoms with Gasteiger partial charge in [-0.3, -0.25) is 0 Å². The number of carboxylic acids is 1. The molecule has 0 aliphatic carbocycles. The van der Waals surface area contributed by atoms with Crippen molar-refractivity contribution >= 4 is 28.3 Å². The smallest absolute Gasteiger partial charge is 0.348 e. The van der Waals surface area contributed by atoms with Gasteiger partial charge in [0.15, 0.2) is 10.9 Å². The number of nitrogens with one attached hydrogen (secondary N) is 1. The maximum Gasteiger partial charge on any atom is 0.348 e. The van der Waals surface area contributed by atoms with Crippen LogP contribution in [0.4, 0.5) is 10.9 Å². The number of rotatable bonds is 4. The Morgan fingerprint density at radius 1 is 1.33 bits per heavy atom. The van der Waals surface area contributed by atoms with Crippen molar-refractivity contribution in [1.82, 2.24) is 10.1 Å². The number of nitrogens with zero attached hydrogens (tertiary/aromatic N) is 2. The molecule has 21 heavy (non-hydrogen) atoms. The Morgan fingerprint density at radius 3 is 2.71 bits per heavy atom. The predicted octanol–water partition coefficient (Wildman–Crippen LogP) is 3.55. The number of hydrogen-bond acceptors (Lipinski definition) is 6. The van der Waals surface area contributed by atoms with E-state index < -0.39 is 5.97 Å². The molecule has 0 amide bonds. The highest BCUT2D eigenvalue weighted by atomic mass is 32.1. The first-order valence-electron chi connectivity index (χ1n) is 6.13. The lowest BCUT2D eigenvalue weighted by atomic mass is 10.1. The maximum absolute atomic E-state index is 11.4. The quantitative estimate of drug-likeness (QED) is 0.766. The number of carboxylic acid groups (broad SMARTS) is 1. The highest BCUT2D eigenvalue weighted by Crippen LogP contribution is 2.32. The van der Waals surface area contributed by atoms with Gasteiger partial charge in [-0.25, -0.2) is 9.78 Å². The molecule has 106 valence electrons. The Bertz CT molecular complexity index is 780. The van der Waals surface area contributed by atoms with Crippen LogP contribution in [0, 0.1) is 6.92 Å². The van der Waals surface area contributed by atoms with Gasteiger partial charge in [0.2, 0.25) is 0 Å². The molecule has 2 N–H and O–H groups in total. The van der Waals surface area contributed by atoms with Gasteiger partial charge in [0.1, 0.15) is 10.6 Å². The van der Waals surface area contributed by atoms with Crippen LogP contribution in [-0.4, -0.2) is 21.2 Å². The fourth-order valence-corrected chi connectivity index (χ4v) is 2.68. The van der Waals surface area contributed by atoms with Gasteiger partial charge >= 0.3 is 5.97 Å². The van der Waals surface area contributed by atoms with Crippen LogP contribution in [0.5, 0.6) is 0 Å². The van der Waals surface area contributed by atoms with E-state index >= 15 is 0 Å². The molecule has 0 radical (unpaired) electrons. The molecule has 0 unspecified atom stereocenters. The maximum atomic E-state index is 11.4. The lowest BCUT2D eigenvalue weighted by Gasteiger charge is -1.97. The molecule has 0 saturated carbocycles. The summed E-state index contributed by atoms with van der Waals surface area (Å²) in [7, 11) is 0. The molecule has 0 saturated heterocycles. The number of carbonyl (C=O) groups is 1. The van der Waals surface area contributed by atoms with Crippen molar-refractivity contribution in [3.63, 3.8) is 0 Å². The van der Waals surface area contributed by atoms with Gasteiger partial charge in [0.25, 0.3) is 0 Å². The minimum absolute atomic E-state index is 0.184. The van der Waals surface area contributed by atoms with E-state index in [0.29, 0.717) is 22.4 Å². The molecule has 0 fully saturated rings. The zero-order valence-corrected chi connectivity index (χ0v) is 11.8. The number of aromatic carboxylic acids is 1. The highest BCUT2D eigenvalue weighted by Gasteiger charge is 2.19. The molecule has 0 aliphatic rings. The molecule has 0 spiro atoms. The lowest BCUT2D eigenvalue weighted by Crippen LogP contribution is -1.95. The summed E-state index contributed by atoms with van der Waals surface area (Å²) >= 11 is 1.06. The van der Waals surface area contributed by atoms with Crippen LogP contribution in [0.1, 0.15) is 15.4 Å². The van der Waals surface area contributed by atoms with Gasteiger partial charge < -0.3 is 14.9 Å². The summed E-state index contributed by atoms with van der Waals surface area (Å²) in [5, 5.41) is 16.5. The van der Waals surface area contributed by atoms with Crippen molar-refractivity contribution in [1.29, 1.82) is 0 Å². The summed E-state index contributed by atoms with van der Waals surface area (Å²) in [5.74, 6) is 0.157. The molecule has 1 aromatic carbocycles. The van der Waals surface area contributed by atoms with Gasteiger partial charge in [-0.15, -0.1) is 0 Å². The fraction of sp³-hybridized carbons (Fsp3) is 0.0714. The molecule has 2 heterocycles. The van der Waals surface area contributed by atoms with E-state index in [-0.39, 0.29) is 4.88 Å². The topological polar surface area (TPSA) is 88.2 Å². The van der Waals surface area contributed by atoms with E-state index in [1.165, 1.54) is 0 Å². The van der Waals surface area contributed by atoms with Crippen molar-refractivity contribution in [3.8, 4) is 11.3 Å². The second-order valence-electron chi connectivity index (χ2n) is 4.32. The second-order valence-corrected chi connectivity index (χ2v) is 5.31. The van der Waals surface area contributed by atoms with E-state index in [0.717, 1.165) is 16.9 Å². The molecule has 6 nitrogen and oxygen atoms in total. The predicted molar refractivity (Wildman–Crippen MR) is 79.0 cm³/mol. The third kappa shape index (κ3) is 2.77. The molecular weight excluding hydrogens is 290 g/mol. The molecule has 0 aliphatic heterocycles. The number of benzene rings is 1. The Hall–Kier alpha value is -2.67. The van der Waals surface area contributed by atoms with Crippen LogP contribution in [-0.2, 0) is 0 Å². The monoisotopic (exact) mass is 301 g/mol. The zero-order valence-electron chi connectivity index (χ0n) is 11.0. The van der Waals surface area contributed by atoms with Crippen molar-refractivity contribution in [2.24, 2.45) is 0 Å². The van der Waals surface area contributed by atoms with Crippen LogP contribution in [0.15, 0.2) is 40.9 Å². The molecular formula is C14H11N3O3S. The molecule has 3 aromatic rings. The van der Waals surface area contributed by atoms with E-state index in [4.69, 9.17) is 4.52 Å². The molecule has 0 bridgehead atoms. The molecule has 3 rings (SSSR count). The normalized spacial score (nSPS) is 10.5. The van der Waals surface area contributed by atoms with Gasteiger partial charge in [-0.05, 0) is 6.92 Å². The number of thiazole rings is 1. The SMILES string of the molecule is Cc1cc(Nc2nc(-c3ccccc3)c(C(=O)O)s2)no1. The fourth-order valence-electron chi connectivity index (χ4n) is 1.85. The summed E-state index contributed by atoms with van der Waals surface area (Å²) in [5.41, 5.74) is 1.20. The van der Waals surface area contributed by atoms with E-state index in [2.05, 4.69) is 15.5 Å². The summed E-state index contributed by atoms with van der Waals surface area (Å²) < 4.78 is 4.95. The van der Waals surface area contributed by atoms with Crippen LogP contribution in [0.3, 0.4) is 0 Å². The standard InChI is InChI=1S/C14H11N3O3S/c1-8-7-10(17-20-8)15-14-16-11(12(21-14)13(18)19)9-5-3-2-4-6-9/h2-7H,1H3,(H,18,19)(H,15,16,17). The van der Waals surface area contributed by atoms with Gasteiger partial charge in [0.05, 0.1) is 5.69 Å². The van der Waals surface area contributed by atoms with E-state index in [1.54, 1.807) is 13.0 Å². The van der Waals surface area contributed by atoms with Crippen molar-refractivity contribution in [3.05, 3.63) is 47.0 Å². The van der Waals surface area contributed by atoms with Crippen molar-refractivity contribution < 1.29 is 14.4 Å². The van der Waals surface area contributed by atoms with E-state index in [9.17, 15) is 9.90 Å². The Kier molecular flexibility index (Phi) is 3.41. The summed E-state index contributed by atoms with van der Waals surface area (Å²) in [6.45, 7) is 1.78. The highest BCUT2D eigenvalue weighted by molar-refractivity contribution is 7.17. The van der Waals surface area contributed by atoms with Crippen LogP contribution < -0.4 is 5.32 Å². The number of anilines is 2. The second kappa shape index (κ2) is 5.37. The number of aryl methyl sites for hydroxylation is 1. The average Bonchev–Trinajstić information content (AvgIpc) is 3.07. The van der Waals surface area contributed by atoms with E-state index in [1.807, 2.05) is 30.3 Å². The third-order valence-electron chi connectivity index (χ3n) is 2.73. The largest absolute Gasteiger partial charge is 0.477 e. The van der Waals surface area contributed by atoms with Crippen LogP contribution >= 0.6 is 11.3 Å². The Morgan fingerprint density at radius 2 is 2.10 bits per heavy atom. The first kappa shape index (κ1) is 13.3. The molecule has 2 aromatic heterocycles. The summed E-state index contributed by atoms with van der Waals surface area (Å²) in [6, 6.07) is 10.9. The molecule has 0 atom stereocenters. The molecule has 7 heteroatoms. The minimum Gasteiger partial charge on any atom is -0.477 e. The van der Waals surface area contributed by atoms with Crippen molar-refractivity contribution in [2.75, 3.05) is 5.32 Å². The third-order valence-corrected chi connectivity index (χ3v) is 3.69. The zero-order chi connectivity index (χ0) is 14.8. The summed E-state index contributed by atoms with van der Waals surface area (Å²) in [4.78, 5) is 15.9. The first-order valence-corrected chi connectivity index (χ1v) is 6.95. The summed E-state index contributed by atoms with van der Waals surface area (Å²) in [6.07, 6.45) is 0. The van der Waals surface area contributed by atoms with Gasteiger partial charge in [-0.1, -0.05) is 46.8 Å². The Balaban J connectivity index is 1.99. The number of aromatic nitrogens is 2. The lowest BCUT2D eigenvalue weighted by molar-refractivity contribution is 0.0702. The van der Waals surface area contributed by atoms with Crippen LogP contribution in [0.2, 0.25) is 0 Å². The first-order chi connectivity index (χ1) is 10.1.